The zero-order valence-corrected chi connectivity index (χ0v) is 8.44. The minimum atomic E-state index is -4.87. The molecule has 1 aliphatic carbocycles. The molecule has 0 spiro atoms. The van der Waals surface area contributed by atoms with E-state index in [1.54, 1.807) is 0 Å². The molecular weight excluding hydrogens is 231 g/mol. The van der Waals surface area contributed by atoms with E-state index in [2.05, 4.69) is 4.52 Å². The molecule has 0 saturated heterocycles. The smallest absolute Gasteiger partial charge is 0.390 e. The molecule has 0 aromatic heterocycles. The Hall–Kier alpha value is -0.0500. The van der Waals surface area contributed by atoms with Gasteiger partial charge in [0.1, 0.15) is 18.3 Å². The van der Waals surface area contributed by atoms with Crippen LogP contribution in [0.15, 0.2) is 0 Å². The number of rotatable bonds is 2. The minimum absolute atomic E-state index is 0.330. The lowest BCUT2D eigenvalue weighted by molar-refractivity contribution is -0.172. The average Bonchev–Trinajstić information content (AvgIpc) is 2.07. The van der Waals surface area contributed by atoms with Gasteiger partial charge in [-0.2, -0.15) is 0 Å². The summed E-state index contributed by atoms with van der Waals surface area (Å²) >= 11 is 0. The van der Waals surface area contributed by atoms with Crippen molar-refractivity contribution in [2.75, 3.05) is 0 Å². The number of phosphoric ester groups is 1. The Morgan fingerprint density at radius 2 is 1.53 bits per heavy atom. The standard InChI is InChI=1S/C6H13O8P/c7-2-1-3(8)6(5(10)4(2)9)14-15(11,12)13/h2-10H,1H2,(H2,11,12,13)/t2-,3+,4+,5-,6-/m1/s1. The van der Waals surface area contributed by atoms with Crippen LogP contribution in [0.25, 0.3) is 0 Å². The zero-order valence-electron chi connectivity index (χ0n) is 7.54. The van der Waals surface area contributed by atoms with Crippen molar-refractivity contribution in [2.24, 2.45) is 0 Å². The summed E-state index contributed by atoms with van der Waals surface area (Å²) in [6.07, 6.45) is -8.12. The lowest BCUT2D eigenvalue weighted by Crippen LogP contribution is -2.56. The third kappa shape index (κ3) is 3.20. The second kappa shape index (κ2) is 4.44. The van der Waals surface area contributed by atoms with Crippen molar-refractivity contribution in [2.45, 2.75) is 36.9 Å². The van der Waals surface area contributed by atoms with Crippen LogP contribution in [0.2, 0.25) is 0 Å². The molecule has 0 amide bonds. The van der Waals surface area contributed by atoms with Crippen LogP contribution in [0, 0.1) is 0 Å². The van der Waals surface area contributed by atoms with E-state index in [9.17, 15) is 19.9 Å². The number of aliphatic hydroxyl groups excluding tert-OH is 4. The Kier molecular flexibility index (Phi) is 3.85. The quantitative estimate of drug-likeness (QED) is 0.288. The third-order valence-electron chi connectivity index (χ3n) is 2.20. The van der Waals surface area contributed by atoms with Gasteiger partial charge in [0, 0.05) is 6.42 Å². The van der Waals surface area contributed by atoms with E-state index in [0.29, 0.717) is 0 Å². The van der Waals surface area contributed by atoms with Crippen LogP contribution in [-0.4, -0.2) is 60.7 Å². The van der Waals surface area contributed by atoms with Crippen LogP contribution in [0.4, 0.5) is 0 Å². The van der Waals surface area contributed by atoms with Gasteiger partial charge < -0.3 is 30.2 Å². The fraction of sp³-hybridized carbons (Fsp3) is 1.00. The van der Waals surface area contributed by atoms with Gasteiger partial charge in [-0.25, -0.2) is 4.57 Å². The minimum Gasteiger partial charge on any atom is -0.390 e. The summed E-state index contributed by atoms with van der Waals surface area (Å²) in [5.41, 5.74) is 0. The number of hydrogen-bond acceptors (Lipinski definition) is 6. The van der Waals surface area contributed by atoms with Gasteiger partial charge in [0.15, 0.2) is 0 Å². The first kappa shape index (κ1) is 13.0. The molecule has 9 heteroatoms. The monoisotopic (exact) mass is 244 g/mol. The van der Waals surface area contributed by atoms with Gasteiger partial charge in [-0.05, 0) is 0 Å². The Morgan fingerprint density at radius 1 is 1.00 bits per heavy atom. The summed E-state index contributed by atoms with van der Waals surface area (Å²) in [6.45, 7) is 0. The van der Waals surface area contributed by atoms with Crippen LogP contribution in [0.1, 0.15) is 6.42 Å². The maximum atomic E-state index is 10.5. The number of hydrogen-bond donors (Lipinski definition) is 6. The van der Waals surface area contributed by atoms with E-state index in [4.69, 9.17) is 14.9 Å². The molecule has 0 unspecified atom stereocenters. The summed E-state index contributed by atoms with van der Waals surface area (Å²) < 4.78 is 14.6. The molecule has 0 aromatic carbocycles. The highest BCUT2D eigenvalue weighted by Gasteiger charge is 2.45. The maximum Gasteiger partial charge on any atom is 0.470 e. The van der Waals surface area contributed by atoms with E-state index in [1.165, 1.54) is 0 Å². The highest BCUT2D eigenvalue weighted by molar-refractivity contribution is 7.46. The van der Waals surface area contributed by atoms with Crippen LogP contribution in [0.5, 0.6) is 0 Å². The highest BCUT2D eigenvalue weighted by Crippen LogP contribution is 2.41. The fourth-order valence-electron chi connectivity index (χ4n) is 1.46. The van der Waals surface area contributed by atoms with Gasteiger partial charge >= 0.3 is 7.82 Å². The van der Waals surface area contributed by atoms with Gasteiger partial charge in [-0.1, -0.05) is 0 Å². The van der Waals surface area contributed by atoms with Gasteiger partial charge in [-0.3, -0.25) is 4.52 Å². The lowest BCUT2D eigenvalue weighted by atomic mass is 9.87. The summed E-state index contributed by atoms with van der Waals surface area (Å²) in [7, 11) is -4.87. The van der Waals surface area contributed by atoms with Crippen LogP contribution in [-0.2, 0) is 9.09 Å². The van der Waals surface area contributed by atoms with Crippen LogP contribution in [0.3, 0.4) is 0 Å². The molecule has 0 radical (unpaired) electrons. The number of phosphoric acid groups is 1. The zero-order chi connectivity index (χ0) is 11.8. The average molecular weight is 244 g/mol. The van der Waals surface area contributed by atoms with E-state index in [1.807, 2.05) is 0 Å². The molecule has 0 aliphatic heterocycles. The van der Waals surface area contributed by atoms with Gasteiger partial charge in [0.2, 0.25) is 0 Å². The Balaban J connectivity index is 2.75. The summed E-state index contributed by atoms with van der Waals surface area (Å²) in [6, 6.07) is 0. The van der Waals surface area contributed by atoms with E-state index in [0.717, 1.165) is 0 Å². The topological polar surface area (TPSA) is 148 Å². The number of aliphatic hydroxyl groups is 4. The molecule has 6 N–H and O–H groups in total. The predicted molar refractivity (Wildman–Crippen MR) is 45.6 cm³/mol. The molecule has 90 valence electrons. The Bertz CT molecular complexity index is 264. The van der Waals surface area contributed by atoms with E-state index >= 15 is 0 Å². The molecule has 1 saturated carbocycles. The fourth-order valence-corrected chi connectivity index (χ4v) is 2.04. The third-order valence-corrected chi connectivity index (χ3v) is 2.72. The van der Waals surface area contributed by atoms with Crippen molar-refractivity contribution >= 4 is 7.82 Å². The van der Waals surface area contributed by atoms with Gasteiger partial charge in [-0.15, -0.1) is 0 Å². The summed E-state index contributed by atoms with van der Waals surface area (Å²) in [5.74, 6) is 0. The normalized spacial score (nSPS) is 42.9. The highest BCUT2D eigenvalue weighted by atomic mass is 31.2. The van der Waals surface area contributed by atoms with Crippen molar-refractivity contribution in [1.29, 1.82) is 0 Å². The molecule has 1 rings (SSSR count). The van der Waals surface area contributed by atoms with Gasteiger partial charge in [0.25, 0.3) is 0 Å². The molecular formula is C6H13O8P. The van der Waals surface area contributed by atoms with E-state index in [-0.39, 0.29) is 6.42 Å². The van der Waals surface area contributed by atoms with Crippen LogP contribution < -0.4 is 0 Å². The molecule has 5 atom stereocenters. The van der Waals surface area contributed by atoms with Crippen molar-refractivity contribution in [3.05, 3.63) is 0 Å². The van der Waals surface area contributed by atoms with Crippen molar-refractivity contribution in [3.8, 4) is 0 Å². The largest absolute Gasteiger partial charge is 0.470 e. The Labute approximate surface area is 85.0 Å². The van der Waals surface area contributed by atoms with Crippen molar-refractivity contribution < 1.29 is 39.3 Å². The first-order valence-electron chi connectivity index (χ1n) is 4.18. The first-order chi connectivity index (χ1) is 6.72. The Morgan fingerprint density at radius 3 is 2.00 bits per heavy atom. The molecule has 0 heterocycles. The molecule has 0 aromatic rings. The van der Waals surface area contributed by atoms with E-state index < -0.39 is 38.3 Å². The SMILES string of the molecule is O=P(O)(O)O[C@H]1[C@H](O)[C@@H](O)[C@H](O)C[C@@H]1O. The maximum absolute atomic E-state index is 10.5. The van der Waals surface area contributed by atoms with Gasteiger partial charge in [0.05, 0.1) is 12.2 Å². The molecule has 15 heavy (non-hydrogen) atoms. The van der Waals surface area contributed by atoms with Crippen molar-refractivity contribution in [1.82, 2.24) is 0 Å². The molecule has 1 aliphatic rings. The second-order valence-corrected chi connectivity index (χ2v) is 4.60. The molecule has 8 nitrogen and oxygen atoms in total. The van der Waals surface area contributed by atoms with Crippen molar-refractivity contribution in [3.63, 3.8) is 0 Å². The summed E-state index contributed by atoms with van der Waals surface area (Å²) in [4.78, 5) is 17.0. The summed E-state index contributed by atoms with van der Waals surface area (Å²) in [5, 5.41) is 36.9. The molecule has 0 bridgehead atoms. The molecule has 1 fully saturated rings. The lowest BCUT2D eigenvalue weighted by Gasteiger charge is -2.37. The second-order valence-electron chi connectivity index (χ2n) is 3.41. The first-order valence-corrected chi connectivity index (χ1v) is 5.71. The predicted octanol–water partition coefficient (Wildman–Crippen LogP) is -2.69. The van der Waals surface area contributed by atoms with Crippen LogP contribution >= 0.6 is 7.82 Å².